The SMILES string of the molecule is CNc1ncc2cc(-c3ccc(F)c(NC(=O)Nc4cc(C(C)C)nn4-c4ccc(C#N)nc4)c3)c(=O)n(C)c2n1. The zero-order valence-electron chi connectivity index (χ0n) is 22.6. The lowest BCUT2D eigenvalue weighted by Crippen LogP contribution is -2.22. The third-order valence-electron chi connectivity index (χ3n) is 6.37. The molecular formula is C28H25FN10O2. The van der Waals surface area contributed by atoms with Gasteiger partial charge in [0.15, 0.2) is 0 Å². The lowest BCUT2D eigenvalue weighted by Gasteiger charge is -2.12. The molecule has 0 atom stereocenters. The van der Waals surface area contributed by atoms with Crippen molar-refractivity contribution in [2.45, 2.75) is 19.8 Å². The van der Waals surface area contributed by atoms with Crippen molar-refractivity contribution in [3.05, 3.63) is 82.4 Å². The second-order valence-electron chi connectivity index (χ2n) is 9.45. The summed E-state index contributed by atoms with van der Waals surface area (Å²) >= 11 is 0. The molecule has 0 bridgehead atoms. The van der Waals surface area contributed by atoms with Crippen LogP contribution in [0.5, 0.6) is 0 Å². The first-order valence-corrected chi connectivity index (χ1v) is 12.6. The Kier molecular flexibility index (Phi) is 7.13. The molecule has 41 heavy (non-hydrogen) atoms. The number of nitriles is 1. The predicted octanol–water partition coefficient (Wildman–Crippen LogP) is 4.40. The van der Waals surface area contributed by atoms with E-state index in [0.29, 0.717) is 39.7 Å². The van der Waals surface area contributed by atoms with E-state index in [0.717, 1.165) is 0 Å². The minimum Gasteiger partial charge on any atom is -0.357 e. The lowest BCUT2D eigenvalue weighted by molar-refractivity contribution is 0.262. The fourth-order valence-corrected chi connectivity index (χ4v) is 4.18. The topological polar surface area (TPSA) is 155 Å². The third kappa shape index (κ3) is 5.30. The van der Waals surface area contributed by atoms with Crippen molar-refractivity contribution in [3.8, 4) is 22.9 Å². The number of carbonyl (C=O) groups is 1. The summed E-state index contributed by atoms with van der Waals surface area (Å²) in [6.45, 7) is 3.91. The van der Waals surface area contributed by atoms with Gasteiger partial charge in [0.2, 0.25) is 5.95 Å². The van der Waals surface area contributed by atoms with Crippen LogP contribution in [0.1, 0.15) is 31.2 Å². The first-order valence-electron chi connectivity index (χ1n) is 12.6. The number of pyridine rings is 2. The monoisotopic (exact) mass is 552 g/mol. The summed E-state index contributed by atoms with van der Waals surface area (Å²) in [7, 11) is 3.27. The number of urea groups is 1. The number of halogens is 1. The Morgan fingerprint density at radius 2 is 1.88 bits per heavy atom. The van der Waals surface area contributed by atoms with Crippen LogP contribution in [-0.4, -0.2) is 42.4 Å². The summed E-state index contributed by atoms with van der Waals surface area (Å²) in [5.41, 5.74) is 2.13. The molecule has 0 aliphatic heterocycles. The van der Waals surface area contributed by atoms with Crippen LogP contribution in [0.25, 0.3) is 27.8 Å². The highest BCUT2D eigenvalue weighted by Crippen LogP contribution is 2.26. The molecular weight excluding hydrogens is 527 g/mol. The first kappa shape index (κ1) is 26.9. The van der Waals surface area contributed by atoms with Crippen molar-refractivity contribution < 1.29 is 9.18 Å². The highest BCUT2D eigenvalue weighted by Gasteiger charge is 2.17. The predicted molar refractivity (Wildman–Crippen MR) is 153 cm³/mol. The van der Waals surface area contributed by atoms with Gasteiger partial charge in [-0.3, -0.25) is 14.7 Å². The Bertz CT molecular complexity index is 1890. The van der Waals surface area contributed by atoms with Gasteiger partial charge in [-0.05, 0) is 41.8 Å². The van der Waals surface area contributed by atoms with E-state index in [-0.39, 0.29) is 28.4 Å². The smallest absolute Gasteiger partial charge is 0.324 e. The number of nitrogens with zero attached hydrogens (tertiary/aromatic N) is 7. The number of nitrogens with one attached hydrogen (secondary N) is 3. The van der Waals surface area contributed by atoms with Gasteiger partial charge in [0.05, 0.1) is 23.3 Å². The fraction of sp³-hybridized carbons (Fsp3) is 0.179. The largest absolute Gasteiger partial charge is 0.357 e. The van der Waals surface area contributed by atoms with E-state index in [1.807, 2.05) is 19.9 Å². The molecule has 5 rings (SSSR count). The first-order chi connectivity index (χ1) is 19.7. The van der Waals surface area contributed by atoms with Gasteiger partial charge in [-0.2, -0.15) is 15.3 Å². The molecule has 4 aromatic heterocycles. The summed E-state index contributed by atoms with van der Waals surface area (Å²) in [6, 6.07) is 11.8. The van der Waals surface area contributed by atoms with Crippen LogP contribution in [0.15, 0.2) is 59.7 Å². The van der Waals surface area contributed by atoms with Gasteiger partial charge in [-0.25, -0.2) is 23.8 Å². The van der Waals surface area contributed by atoms with Gasteiger partial charge in [0, 0.05) is 37.3 Å². The molecule has 5 aromatic rings. The molecule has 0 unspecified atom stereocenters. The molecule has 0 spiro atoms. The van der Waals surface area contributed by atoms with Crippen molar-refractivity contribution in [3.63, 3.8) is 0 Å². The maximum atomic E-state index is 14.8. The molecule has 2 amide bonds. The second-order valence-corrected chi connectivity index (χ2v) is 9.45. The molecule has 1 aromatic carbocycles. The standard InChI is InChI=1S/C28H25FN10O2/c1-15(2)22-11-24(39(37-22)19-7-6-18(12-30)32-14-19)35-28(41)34-23-10-16(5-8-21(23)29)20-9-17-13-33-27(31-3)36-25(17)38(4)26(20)40/h5-11,13-15H,1-4H3,(H,31,33,36)(H2,34,35,41). The van der Waals surface area contributed by atoms with Crippen molar-refractivity contribution in [2.75, 3.05) is 23.0 Å². The zero-order chi connectivity index (χ0) is 29.3. The van der Waals surface area contributed by atoms with Gasteiger partial charge in [0.25, 0.3) is 5.56 Å². The van der Waals surface area contributed by atoms with E-state index < -0.39 is 11.8 Å². The molecule has 3 N–H and O–H groups in total. The molecule has 12 nitrogen and oxygen atoms in total. The molecule has 13 heteroatoms. The Labute approximate surface area is 233 Å². The summed E-state index contributed by atoms with van der Waals surface area (Å²) in [5, 5.41) is 22.3. The van der Waals surface area contributed by atoms with Crippen LogP contribution >= 0.6 is 0 Å². The van der Waals surface area contributed by atoms with Gasteiger partial charge in [0.1, 0.15) is 29.0 Å². The van der Waals surface area contributed by atoms with E-state index in [4.69, 9.17) is 5.26 Å². The summed E-state index contributed by atoms with van der Waals surface area (Å²) in [5.74, 6) is 0.0618. The number of hydrogen-bond acceptors (Lipinski definition) is 8. The Morgan fingerprint density at radius 1 is 1.07 bits per heavy atom. The number of rotatable bonds is 6. The van der Waals surface area contributed by atoms with Gasteiger partial charge < -0.3 is 10.6 Å². The molecule has 0 radical (unpaired) electrons. The fourth-order valence-electron chi connectivity index (χ4n) is 4.18. The van der Waals surface area contributed by atoms with E-state index in [1.54, 1.807) is 44.6 Å². The van der Waals surface area contributed by atoms with E-state index >= 15 is 0 Å². The number of anilines is 3. The van der Waals surface area contributed by atoms with E-state index in [1.165, 1.54) is 33.6 Å². The maximum Gasteiger partial charge on any atom is 0.324 e. The molecule has 0 saturated heterocycles. The number of benzene rings is 1. The number of carbonyl (C=O) groups excluding carboxylic acids is 1. The molecule has 0 fully saturated rings. The van der Waals surface area contributed by atoms with E-state index in [2.05, 4.69) is 36.0 Å². The highest BCUT2D eigenvalue weighted by atomic mass is 19.1. The summed E-state index contributed by atoms with van der Waals surface area (Å²) < 4.78 is 17.7. The quantitative estimate of drug-likeness (QED) is 0.280. The summed E-state index contributed by atoms with van der Waals surface area (Å²) in [4.78, 5) is 38.8. The average molecular weight is 553 g/mol. The number of fused-ring (bicyclic) bond motifs is 1. The molecule has 0 aliphatic carbocycles. The Hall–Kier alpha value is -5.64. The van der Waals surface area contributed by atoms with Crippen molar-refractivity contribution in [2.24, 2.45) is 7.05 Å². The minimum atomic E-state index is -0.724. The number of hydrogen-bond donors (Lipinski definition) is 3. The van der Waals surface area contributed by atoms with Crippen molar-refractivity contribution >= 4 is 34.5 Å². The summed E-state index contributed by atoms with van der Waals surface area (Å²) in [6.07, 6.45) is 3.06. The van der Waals surface area contributed by atoms with E-state index in [9.17, 15) is 14.0 Å². The normalized spacial score (nSPS) is 11.0. The van der Waals surface area contributed by atoms with Gasteiger partial charge in [-0.15, -0.1) is 0 Å². The Morgan fingerprint density at radius 3 is 2.56 bits per heavy atom. The van der Waals surface area contributed by atoms with Crippen LogP contribution in [0.4, 0.5) is 26.6 Å². The van der Waals surface area contributed by atoms with Crippen LogP contribution in [0, 0.1) is 17.1 Å². The zero-order valence-corrected chi connectivity index (χ0v) is 22.6. The van der Waals surface area contributed by atoms with Crippen LogP contribution in [-0.2, 0) is 7.05 Å². The second kappa shape index (κ2) is 10.9. The highest BCUT2D eigenvalue weighted by molar-refractivity contribution is 6.00. The van der Waals surface area contributed by atoms with Crippen LogP contribution in [0.3, 0.4) is 0 Å². The van der Waals surface area contributed by atoms with Gasteiger partial charge >= 0.3 is 6.03 Å². The Balaban J connectivity index is 1.45. The third-order valence-corrected chi connectivity index (χ3v) is 6.37. The number of aromatic nitrogens is 6. The minimum absolute atomic E-state index is 0.0557. The van der Waals surface area contributed by atoms with Crippen LogP contribution in [0.2, 0.25) is 0 Å². The lowest BCUT2D eigenvalue weighted by atomic mass is 10.1. The van der Waals surface area contributed by atoms with Crippen molar-refractivity contribution in [1.82, 2.24) is 29.3 Å². The molecule has 4 heterocycles. The molecule has 0 saturated carbocycles. The molecule has 0 aliphatic rings. The number of aryl methyl sites for hydroxylation is 1. The van der Waals surface area contributed by atoms with Crippen LogP contribution < -0.4 is 21.5 Å². The number of amides is 2. The average Bonchev–Trinajstić information content (AvgIpc) is 3.40. The van der Waals surface area contributed by atoms with Gasteiger partial charge in [-0.1, -0.05) is 19.9 Å². The maximum absolute atomic E-state index is 14.8. The molecule has 206 valence electrons. The van der Waals surface area contributed by atoms with Crippen molar-refractivity contribution in [1.29, 1.82) is 5.26 Å².